The third-order valence-corrected chi connectivity index (χ3v) is 3.22. The van der Waals surface area contributed by atoms with E-state index in [0.29, 0.717) is 16.9 Å². The van der Waals surface area contributed by atoms with Crippen LogP contribution in [0.4, 0.5) is 16.0 Å². The van der Waals surface area contributed by atoms with Gasteiger partial charge in [-0.15, -0.1) is 0 Å². The molecule has 5 nitrogen and oxygen atoms in total. The van der Waals surface area contributed by atoms with Crippen LogP contribution in [0.15, 0.2) is 60.8 Å². The molecular weight excluding hydrogens is 295 g/mol. The van der Waals surface area contributed by atoms with E-state index in [9.17, 15) is 9.18 Å². The van der Waals surface area contributed by atoms with Crippen LogP contribution in [0.1, 0.15) is 10.4 Å². The maximum absolute atomic E-state index is 12.9. The molecule has 1 heterocycles. The van der Waals surface area contributed by atoms with Crippen molar-refractivity contribution in [2.75, 3.05) is 11.1 Å². The number of aromatic nitrogens is 2. The summed E-state index contributed by atoms with van der Waals surface area (Å²) in [4.78, 5) is 20.0. The van der Waals surface area contributed by atoms with Crippen molar-refractivity contribution in [3.63, 3.8) is 0 Å². The molecule has 114 valence electrons. The predicted octanol–water partition coefficient (Wildman–Crippen LogP) is 3.12. The summed E-state index contributed by atoms with van der Waals surface area (Å²) in [7, 11) is 0. The smallest absolute Gasteiger partial charge is 0.255 e. The summed E-state index contributed by atoms with van der Waals surface area (Å²) in [6, 6.07) is 14.3. The van der Waals surface area contributed by atoms with Gasteiger partial charge in [-0.2, -0.15) is 0 Å². The number of benzene rings is 2. The van der Waals surface area contributed by atoms with E-state index in [1.165, 1.54) is 24.3 Å². The lowest BCUT2D eigenvalue weighted by molar-refractivity contribution is 0.102. The van der Waals surface area contributed by atoms with Crippen LogP contribution in [0.25, 0.3) is 11.3 Å². The van der Waals surface area contributed by atoms with Gasteiger partial charge >= 0.3 is 0 Å². The quantitative estimate of drug-likeness (QED) is 0.779. The minimum atomic E-state index is -0.380. The number of hydrogen-bond acceptors (Lipinski definition) is 4. The normalized spacial score (nSPS) is 10.3. The number of rotatable bonds is 3. The monoisotopic (exact) mass is 308 g/mol. The molecule has 0 fully saturated rings. The summed E-state index contributed by atoms with van der Waals surface area (Å²) in [5.74, 6) is -0.477. The highest BCUT2D eigenvalue weighted by Gasteiger charge is 2.07. The van der Waals surface area contributed by atoms with Crippen molar-refractivity contribution in [1.29, 1.82) is 0 Å². The number of carbonyl (C=O) groups excluding carboxylic acids is 1. The number of hydrogen-bond donors (Lipinski definition) is 2. The van der Waals surface area contributed by atoms with Gasteiger partial charge in [0.2, 0.25) is 5.95 Å². The van der Waals surface area contributed by atoms with Crippen LogP contribution in [-0.2, 0) is 0 Å². The van der Waals surface area contributed by atoms with Crippen LogP contribution >= 0.6 is 0 Å². The van der Waals surface area contributed by atoms with E-state index in [-0.39, 0.29) is 17.7 Å². The Morgan fingerprint density at radius 1 is 1.00 bits per heavy atom. The highest BCUT2D eigenvalue weighted by Crippen LogP contribution is 2.20. The standard InChI is InChI=1S/C17H13FN4O/c18-13-5-1-12(2-6-13)16(23)21-14-7-3-11(4-8-14)15-9-10-20-17(19)22-15/h1-10H,(H,21,23)(H2,19,20,22). The predicted molar refractivity (Wildman–Crippen MR) is 86.2 cm³/mol. The SMILES string of the molecule is Nc1nccc(-c2ccc(NC(=O)c3ccc(F)cc3)cc2)n1. The molecule has 1 aromatic heterocycles. The van der Waals surface area contributed by atoms with Gasteiger partial charge in [-0.3, -0.25) is 4.79 Å². The van der Waals surface area contributed by atoms with Gasteiger partial charge in [-0.25, -0.2) is 14.4 Å². The van der Waals surface area contributed by atoms with E-state index in [2.05, 4.69) is 15.3 Å². The lowest BCUT2D eigenvalue weighted by Crippen LogP contribution is -2.11. The molecule has 0 aliphatic heterocycles. The third kappa shape index (κ3) is 3.49. The van der Waals surface area contributed by atoms with Gasteiger partial charge in [0.25, 0.3) is 5.91 Å². The van der Waals surface area contributed by atoms with Crippen molar-refractivity contribution in [2.24, 2.45) is 0 Å². The minimum Gasteiger partial charge on any atom is -0.368 e. The number of nitrogens with two attached hydrogens (primary N) is 1. The Morgan fingerprint density at radius 2 is 1.70 bits per heavy atom. The van der Waals surface area contributed by atoms with Crippen LogP contribution < -0.4 is 11.1 Å². The van der Waals surface area contributed by atoms with Crippen LogP contribution in [0.2, 0.25) is 0 Å². The number of anilines is 2. The number of amides is 1. The molecule has 0 radical (unpaired) electrons. The van der Waals surface area contributed by atoms with Gasteiger partial charge in [0.15, 0.2) is 0 Å². The number of halogens is 1. The molecule has 6 heteroatoms. The van der Waals surface area contributed by atoms with Gasteiger partial charge in [0, 0.05) is 23.0 Å². The maximum Gasteiger partial charge on any atom is 0.255 e. The summed E-state index contributed by atoms with van der Waals surface area (Å²) in [6.45, 7) is 0. The van der Waals surface area contributed by atoms with Crippen molar-refractivity contribution < 1.29 is 9.18 Å². The Hall–Kier alpha value is -3.28. The van der Waals surface area contributed by atoms with Crippen LogP contribution in [0.3, 0.4) is 0 Å². The largest absolute Gasteiger partial charge is 0.368 e. The van der Waals surface area contributed by atoms with E-state index < -0.39 is 0 Å². The van der Waals surface area contributed by atoms with E-state index in [0.717, 1.165) is 5.56 Å². The Morgan fingerprint density at radius 3 is 2.35 bits per heavy atom. The van der Waals surface area contributed by atoms with Gasteiger partial charge in [-0.1, -0.05) is 12.1 Å². The second kappa shape index (κ2) is 6.23. The fourth-order valence-corrected chi connectivity index (χ4v) is 2.06. The Balaban J connectivity index is 1.75. The Labute approximate surface area is 132 Å². The topological polar surface area (TPSA) is 80.9 Å². The summed E-state index contributed by atoms with van der Waals surface area (Å²) in [5.41, 5.74) is 8.14. The fraction of sp³-hybridized carbons (Fsp3) is 0. The minimum absolute atomic E-state index is 0.205. The van der Waals surface area contributed by atoms with E-state index in [1.807, 2.05) is 12.1 Å². The molecule has 2 aromatic carbocycles. The number of nitrogens with one attached hydrogen (secondary N) is 1. The molecule has 0 atom stereocenters. The average molecular weight is 308 g/mol. The van der Waals surface area contributed by atoms with Crippen LogP contribution in [-0.4, -0.2) is 15.9 Å². The zero-order chi connectivity index (χ0) is 16.2. The molecule has 3 rings (SSSR count). The number of nitrogens with zero attached hydrogens (tertiary/aromatic N) is 2. The zero-order valence-corrected chi connectivity index (χ0v) is 12.0. The van der Waals surface area contributed by atoms with Crippen molar-refractivity contribution >= 4 is 17.5 Å². The first-order valence-electron chi connectivity index (χ1n) is 6.88. The fourth-order valence-electron chi connectivity index (χ4n) is 2.06. The molecule has 3 aromatic rings. The zero-order valence-electron chi connectivity index (χ0n) is 12.0. The molecule has 0 unspecified atom stereocenters. The molecular formula is C17H13FN4O. The Kier molecular flexibility index (Phi) is 3.97. The second-order valence-corrected chi connectivity index (χ2v) is 4.84. The van der Waals surface area contributed by atoms with Crippen molar-refractivity contribution in [3.05, 3.63) is 72.2 Å². The van der Waals surface area contributed by atoms with Crippen molar-refractivity contribution in [3.8, 4) is 11.3 Å². The lowest BCUT2D eigenvalue weighted by Gasteiger charge is -2.07. The maximum atomic E-state index is 12.9. The van der Waals surface area contributed by atoms with Gasteiger partial charge in [0.1, 0.15) is 5.82 Å². The number of nitrogen functional groups attached to an aromatic ring is 1. The summed E-state index contributed by atoms with van der Waals surface area (Å²) >= 11 is 0. The molecule has 23 heavy (non-hydrogen) atoms. The second-order valence-electron chi connectivity index (χ2n) is 4.84. The first-order valence-corrected chi connectivity index (χ1v) is 6.88. The van der Waals surface area contributed by atoms with E-state index in [4.69, 9.17) is 5.73 Å². The first kappa shape index (κ1) is 14.6. The van der Waals surface area contributed by atoms with Crippen LogP contribution in [0.5, 0.6) is 0 Å². The molecule has 0 saturated heterocycles. The Bertz CT molecular complexity index is 832. The molecule has 0 bridgehead atoms. The first-order chi connectivity index (χ1) is 11.1. The van der Waals surface area contributed by atoms with Gasteiger partial charge in [-0.05, 0) is 42.5 Å². The molecule has 0 aliphatic carbocycles. The molecule has 3 N–H and O–H groups in total. The average Bonchev–Trinajstić information content (AvgIpc) is 2.56. The molecule has 1 amide bonds. The molecule has 0 aliphatic rings. The number of carbonyl (C=O) groups is 1. The highest BCUT2D eigenvalue weighted by atomic mass is 19.1. The highest BCUT2D eigenvalue weighted by molar-refractivity contribution is 6.04. The summed E-state index contributed by atoms with van der Waals surface area (Å²) in [6.07, 6.45) is 1.59. The van der Waals surface area contributed by atoms with Gasteiger partial charge in [0.05, 0.1) is 5.69 Å². The van der Waals surface area contributed by atoms with E-state index >= 15 is 0 Å². The third-order valence-electron chi connectivity index (χ3n) is 3.22. The summed E-state index contributed by atoms with van der Waals surface area (Å²) < 4.78 is 12.9. The van der Waals surface area contributed by atoms with Gasteiger partial charge < -0.3 is 11.1 Å². The summed E-state index contributed by atoms with van der Waals surface area (Å²) in [5, 5.41) is 2.75. The lowest BCUT2D eigenvalue weighted by atomic mass is 10.1. The molecule has 0 spiro atoms. The van der Waals surface area contributed by atoms with E-state index in [1.54, 1.807) is 24.4 Å². The van der Waals surface area contributed by atoms with Crippen molar-refractivity contribution in [2.45, 2.75) is 0 Å². The van der Waals surface area contributed by atoms with Crippen LogP contribution in [0, 0.1) is 5.82 Å². The molecule has 0 saturated carbocycles. The van der Waals surface area contributed by atoms with Crippen molar-refractivity contribution in [1.82, 2.24) is 9.97 Å².